The smallest absolute Gasteiger partial charge is 0.324 e. The number of carbonyl (C=O) groups excluding carboxylic acids is 1. The van der Waals surface area contributed by atoms with E-state index in [9.17, 15) is 9.59 Å². The van der Waals surface area contributed by atoms with Crippen LogP contribution in [0, 0.1) is 5.92 Å². The Bertz CT molecular complexity index is 528. The Balaban J connectivity index is 2.04. The number of anilines is 1. The van der Waals surface area contributed by atoms with Crippen molar-refractivity contribution < 1.29 is 24.2 Å². The van der Waals surface area contributed by atoms with Crippen molar-refractivity contribution in [2.45, 2.75) is 6.42 Å². The maximum atomic E-state index is 12.0. The summed E-state index contributed by atoms with van der Waals surface area (Å²) >= 11 is 0. The molecule has 9 heteroatoms. The summed E-state index contributed by atoms with van der Waals surface area (Å²) in [5.74, 6) is -0.889. The van der Waals surface area contributed by atoms with Gasteiger partial charge in [-0.2, -0.15) is 9.97 Å². The Labute approximate surface area is 120 Å². The number of carboxylic acids is 1. The molecule has 1 aliphatic rings. The summed E-state index contributed by atoms with van der Waals surface area (Å²) in [7, 11) is 2.87. The number of nitrogens with zero attached hydrogens (tertiary/aromatic N) is 3. The van der Waals surface area contributed by atoms with Gasteiger partial charge in [-0.15, -0.1) is 0 Å². The first-order chi connectivity index (χ1) is 10.0. The van der Waals surface area contributed by atoms with E-state index in [0.717, 1.165) is 0 Å². The van der Waals surface area contributed by atoms with Gasteiger partial charge in [0.15, 0.2) is 0 Å². The van der Waals surface area contributed by atoms with Crippen molar-refractivity contribution in [1.82, 2.24) is 14.9 Å². The maximum absolute atomic E-state index is 12.0. The van der Waals surface area contributed by atoms with Crippen molar-refractivity contribution in [2.24, 2.45) is 5.92 Å². The van der Waals surface area contributed by atoms with Gasteiger partial charge in [-0.05, 0) is 6.42 Å². The third-order valence-corrected chi connectivity index (χ3v) is 3.14. The van der Waals surface area contributed by atoms with Crippen molar-refractivity contribution in [3.05, 3.63) is 6.07 Å². The van der Waals surface area contributed by atoms with Crippen molar-refractivity contribution >= 4 is 17.9 Å². The second-order valence-electron chi connectivity index (χ2n) is 4.48. The van der Waals surface area contributed by atoms with E-state index in [2.05, 4.69) is 15.3 Å². The van der Waals surface area contributed by atoms with E-state index >= 15 is 0 Å². The summed E-state index contributed by atoms with van der Waals surface area (Å²) in [6.45, 7) is 0.548. The number of methoxy groups -OCH3 is 2. The number of aliphatic carboxylic acids is 1. The van der Waals surface area contributed by atoms with Gasteiger partial charge >= 0.3 is 12.0 Å². The molecule has 2 rings (SSSR count). The molecule has 9 nitrogen and oxygen atoms in total. The van der Waals surface area contributed by atoms with Crippen LogP contribution in [0.5, 0.6) is 11.8 Å². The zero-order chi connectivity index (χ0) is 15.4. The predicted octanol–water partition coefficient (Wildman–Crippen LogP) is 0.432. The lowest BCUT2D eigenvalue weighted by molar-refractivity contribution is -0.141. The summed E-state index contributed by atoms with van der Waals surface area (Å²) in [6.07, 6.45) is 0.436. The molecule has 1 unspecified atom stereocenters. The lowest BCUT2D eigenvalue weighted by Crippen LogP contribution is -2.34. The van der Waals surface area contributed by atoms with Gasteiger partial charge in [0, 0.05) is 13.1 Å². The Hall–Kier alpha value is -2.58. The van der Waals surface area contributed by atoms with Crippen molar-refractivity contribution in [3.8, 4) is 11.8 Å². The fourth-order valence-electron chi connectivity index (χ4n) is 1.99. The number of urea groups is 1. The molecule has 0 aromatic carbocycles. The van der Waals surface area contributed by atoms with Crippen LogP contribution in [0.4, 0.5) is 10.7 Å². The largest absolute Gasteiger partial charge is 0.481 e. The summed E-state index contributed by atoms with van der Waals surface area (Å²) < 4.78 is 9.96. The highest BCUT2D eigenvalue weighted by Gasteiger charge is 2.31. The Kier molecular flexibility index (Phi) is 4.41. The average Bonchev–Trinajstić information content (AvgIpc) is 2.97. The molecule has 2 heterocycles. The fourth-order valence-corrected chi connectivity index (χ4v) is 1.99. The molecule has 0 radical (unpaired) electrons. The average molecular weight is 296 g/mol. The first-order valence-electron chi connectivity index (χ1n) is 6.29. The van der Waals surface area contributed by atoms with Gasteiger partial charge in [0.2, 0.25) is 17.7 Å². The quantitative estimate of drug-likeness (QED) is 0.828. The number of likely N-dealkylation sites (tertiary alicyclic amines) is 1. The highest BCUT2D eigenvalue weighted by atomic mass is 16.5. The van der Waals surface area contributed by atoms with Gasteiger partial charge in [-0.25, -0.2) is 4.79 Å². The van der Waals surface area contributed by atoms with Crippen LogP contribution < -0.4 is 14.8 Å². The summed E-state index contributed by atoms with van der Waals surface area (Å²) in [6, 6.07) is 1.03. The zero-order valence-electron chi connectivity index (χ0n) is 11.7. The zero-order valence-corrected chi connectivity index (χ0v) is 11.7. The van der Waals surface area contributed by atoms with Crippen LogP contribution in [-0.2, 0) is 4.79 Å². The molecule has 1 aromatic rings. The van der Waals surface area contributed by atoms with Crippen LogP contribution in [-0.4, -0.2) is 59.3 Å². The number of hydrogen-bond donors (Lipinski definition) is 2. The van der Waals surface area contributed by atoms with Crippen LogP contribution >= 0.6 is 0 Å². The van der Waals surface area contributed by atoms with Gasteiger partial charge in [-0.3, -0.25) is 10.1 Å². The summed E-state index contributed by atoms with van der Waals surface area (Å²) in [5, 5.41) is 11.4. The number of ether oxygens (including phenoxy) is 2. The van der Waals surface area contributed by atoms with E-state index in [0.29, 0.717) is 13.0 Å². The molecule has 1 atom stereocenters. The van der Waals surface area contributed by atoms with Crippen molar-refractivity contribution in [1.29, 1.82) is 0 Å². The van der Waals surface area contributed by atoms with Gasteiger partial charge in [-0.1, -0.05) is 0 Å². The predicted molar refractivity (Wildman–Crippen MR) is 71.5 cm³/mol. The topological polar surface area (TPSA) is 114 Å². The molecule has 0 spiro atoms. The molecule has 1 aromatic heterocycles. The van der Waals surface area contributed by atoms with E-state index in [1.54, 1.807) is 0 Å². The number of nitrogens with one attached hydrogen (secondary N) is 1. The molecular formula is C12H16N4O5. The Morgan fingerprint density at radius 3 is 2.43 bits per heavy atom. The number of aromatic nitrogens is 2. The minimum absolute atomic E-state index is 0.0370. The van der Waals surface area contributed by atoms with Crippen LogP contribution in [0.1, 0.15) is 6.42 Å². The molecule has 2 N–H and O–H groups in total. The molecular weight excluding hydrogens is 280 g/mol. The van der Waals surface area contributed by atoms with E-state index in [4.69, 9.17) is 14.6 Å². The molecule has 0 aliphatic carbocycles. The number of amides is 2. The molecule has 1 saturated heterocycles. The monoisotopic (exact) mass is 296 g/mol. The number of rotatable bonds is 4. The highest BCUT2D eigenvalue weighted by molar-refractivity contribution is 5.88. The first-order valence-corrected chi connectivity index (χ1v) is 6.29. The molecule has 21 heavy (non-hydrogen) atoms. The third kappa shape index (κ3) is 3.50. The van der Waals surface area contributed by atoms with Crippen LogP contribution in [0.3, 0.4) is 0 Å². The van der Waals surface area contributed by atoms with Crippen LogP contribution in [0.15, 0.2) is 6.07 Å². The van der Waals surface area contributed by atoms with Gasteiger partial charge in [0.25, 0.3) is 0 Å². The number of carboxylic acid groups (broad SMARTS) is 1. The van der Waals surface area contributed by atoms with Crippen molar-refractivity contribution in [3.63, 3.8) is 0 Å². The van der Waals surface area contributed by atoms with Crippen molar-refractivity contribution in [2.75, 3.05) is 32.6 Å². The van der Waals surface area contributed by atoms with E-state index in [1.165, 1.54) is 25.2 Å². The number of carbonyl (C=O) groups is 2. The lowest BCUT2D eigenvalue weighted by Gasteiger charge is -2.16. The van der Waals surface area contributed by atoms with Crippen LogP contribution in [0.2, 0.25) is 0 Å². The summed E-state index contributed by atoms with van der Waals surface area (Å²) in [4.78, 5) is 32.3. The normalized spacial score (nSPS) is 17.4. The van der Waals surface area contributed by atoms with Gasteiger partial charge in [0.1, 0.15) is 0 Å². The molecule has 1 fully saturated rings. The minimum Gasteiger partial charge on any atom is -0.481 e. The molecule has 1 aliphatic heterocycles. The molecule has 2 amide bonds. The minimum atomic E-state index is -0.899. The maximum Gasteiger partial charge on any atom is 0.324 e. The standard InChI is InChI=1S/C12H16N4O5/c1-20-8-5-9(21-2)14-11(13-8)15-12(19)16-4-3-7(6-16)10(17)18/h5,7H,3-4,6H2,1-2H3,(H,17,18)(H,13,14,15,19). The van der Waals surface area contributed by atoms with Gasteiger partial charge < -0.3 is 19.5 Å². The highest BCUT2D eigenvalue weighted by Crippen LogP contribution is 2.20. The molecule has 0 saturated carbocycles. The molecule has 0 bridgehead atoms. The number of hydrogen-bond acceptors (Lipinski definition) is 6. The lowest BCUT2D eigenvalue weighted by atomic mass is 10.1. The third-order valence-electron chi connectivity index (χ3n) is 3.14. The van der Waals surface area contributed by atoms with Crippen LogP contribution in [0.25, 0.3) is 0 Å². The second kappa shape index (κ2) is 6.25. The van der Waals surface area contributed by atoms with E-state index in [-0.39, 0.29) is 24.3 Å². The Morgan fingerprint density at radius 1 is 1.33 bits per heavy atom. The summed E-state index contributed by atoms with van der Waals surface area (Å²) in [5.41, 5.74) is 0. The fraction of sp³-hybridized carbons (Fsp3) is 0.500. The first kappa shape index (κ1) is 14.8. The van der Waals surface area contributed by atoms with E-state index < -0.39 is 17.9 Å². The SMILES string of the molecule is COc1cc(OC)nc(NC(=O)N2CCC(C(=O)O)C2)n1. The second-order valence-corrected chi connectivity index (χ2v) is 4.48. The molecule has 114 valence electrons. The van der Waals surface area contributed by atoms with Gasteiger partial charge in [0.05, 0.1) is 26.2 Å². The Morgan fingerprint density at radius 2 is 1.95 bits per heavy atom. The van der Waals surface area contributed by atoms with E-state index in [1.807, 2.05) is 0 Å².